The number of aromatic nitrogens is 4. The highest BCUT2D eigenvalue weighted by Crippen LogP contribution is 2.31. The van der Waals surface area contributed by atoms with Gasteiger partial charge >= 0.3 is 6.18 Å². The zero-order chi connectivity index (χ0) is 22.6. The lowest BCUT2D eigenvalue weighted by molar-refractivity contribution is -0.138. The molecule has 1 fully saturated rings. The van der Waals surface area contributed by atoms with Crippen molar-refractivity contribution in [2.24, 2.45) is 0 Å². The van der Waals surface area contributed by atoms with Crippen LogP contribution in [-0.4, -0.2) is 56.6 Å². The summed E-state index contributed by atoms with van der Waals surface area (Å²) in [6.45, 7) is 2.03. The summed E-state index contributed by atoms with van der Waals surface area (Å²) in [5.41, 5.74) is -0.0962. The van der Waals surface area contributed by atoms with Crippen molar-refractivity contribution in [1.82, 2.24) is 30.4 Å². The maximum absolute atomic E-state index is 13.2. The molecule has 0 aliphatic carbocycles. The molecule has 1 aliphatic rings. The molecule has 1 aromatic carbocycles. The highest BCUT2D eigenvalue weighted by Gasteiger charge is 2.32. The van der Waals surface area contributed by atoms with Gasteiger partial charge in [-0.2, -0.15) is 18.0 Å². The van der Waals surface area contributed by atoms with Gasteiger partial charge in [-0.25, -0.2) is 0 Å². The Morgan fingerprint density at radius 1 is 1.29 bits per heavy atom. The van der Waals surface area contributed by atoms with Gasteiger partial charge in [-0.3, -0.25) is 9.59 Å². The van der Waals surface area contributed by atoms with E-state index < -0.39 is 17.8 Å². The number of amides is 2. The maximum Gasteiger partial charge on any atom is 0.416 e. The van der Waals surface area contributed by atoms with E-state index in [2.05, 4.69) is 20.7 Å². The van der Waals surface area contributed by atoms with Gasteiger partial charge in [-0.15, -0.1) is 10.2 Å². The number of aryl methyl sites for hydroxylation is 1. The molecule has 3 rings (SSSR count). The summed E-state index contributed by atoms with van der Waals surface area (Å²) in [6.07, 6.45) is 0.439. The van der Waals surface area contributed by atoms with E-state index >= 15 is 0 Å². The zero-order valence-corrected chi connectivity index (χ0v) is 17.2. The van der Waals surface area contributed by atoms with Gasteiger partial charge in [0.1, 0.15) is 6.04 Å². The topological polar surface area (TPSA) is 93.0 Å². The summed E-state index contributed by atoms with van der Waals surface area (Å²) in [4.78, 5) is 27.5. The molecule has 0 spiro atoms. The molecular weight excluding hydrogens is 413 g/mol. The predicted octanol–water partition coefficient (Wildman–Crippen LogP) is 2.19. The van der Waals surface area contributed by atoms with Crippen molar-refractivity contribution < 1.29 is 22.8 Å². The van der Waals surface area contributed by atoms with E-state index in [1.165, 1.54) is 35.0 Å². The van der Waals surface area contributed by atoms with E-state index in [4.69, 9.17) is 0 Å². The normalized spacial score (nSPS) is 17.2. The number of hydrogen-bond donors (Lipinski definition) is 1. The molecule has 0 bridgehead atoms. The average molecular weight is 436 g/mol. The number of nitrogens with zero attached hydrogens (tertiary/aromatic N) is 5. The van der Waals surface area contributed by atoms with Gasteiger partial charge in [0.15, 0.2) is 5.82 Å². The second kappa shape index (κ2) is 9.27. The SMILES string of the molecule is CNC(=O)C1CCCCN1C(=O)C=Cc1ccc(C(F)(F)F)cc1Cn1nnc(C)n1. The average Bonchev–Trinajstić information content (AvgIpc) is 3.15. The third kappa shape index (κ3) is 5.47. The first kappa shape index (κ1) is 22.4. The fraction of sp³-hybridized carbons (Fsp3) is 0.450. The van der Waals surface area contributed by atoms with E-state index in [0.717, 1.165) is 25.0 Å². The first-order chi connectivity index (χ1) is 14.7. The van der Waals surface area contributed by atoms with Crippen LogP contribution >= 0.6 is 0 Å². The van der Waals surface area contributed by atoms with Crippen LogP contribution in [0, 0.1) is 6.92 Å². The number of hydrogen-bond acceptors (Lipinski definition) is 5. The summed E-state index contributed by atoms with van der Waals surface area (Å²) in [7, 11) is 1.52. The van der Waals surface area contributed by atoms with Gasteiger partial charge in [-0.05, 0) is 60.7 Å². The summed E-state index contributed by atoms with van der Waals surface area (Å²) >= 11 is 0. The third-order valence-corrected chi connectivity index (χ3v) is 5.08. The number of benzene rings is 1. The molecule has 1 atom stereocenters. The van der Waals surface area contributed by atoms with Gasteiger partial charge in [0.2, 0.25) is 11.8 Å². The first-order valence-corrected chi connectivity index (χ1v) is 9.84. The highest BCUT2D eigenvalue weighted by atomic mass is 19.4. The minimum Gasteiger partial charge on any atom is -0.357 e. The second-order valence-electron chi connectivity index (χ2n) is 7.27. The number of halogens is 3. The van der Waals surface area contributed by atoms with Crippen molar-refractivity contribution in [3.63, 3.8) is 0 Å². The number of likely N-dealkylation sites (N-methyl/N-ethyl adjacent to an activating group) is 1. The molecule has 1 saturated heterocycles. The van der Waals surface area contributed by atoms with E-state index in [-0.39, 0.29) is 23.9 Å². The lowest BCUT2D eigenvalue weighted by atomic mass is 10.0. The van der Waals surface area contributed by atoms with Gasteiger partial charge in [-0.1, -0.05) is 6.07 Å². The summed E-state index contributed by atoms with van der Waals surface area (Å²) in [6, 6.07) is 2.72. The van der Waals surface area contributed by atoms with E-state index in [1.807, 2.05) is 0 Å². The summed E-state index contributed by atoms with van der Waals surface area (Å²) in [5, 5.41) is 14.1. The van der Waals surface area contributed by atoms with Crippen LogP contribution in [0.3, 0.4) is 0 Å². The first-order valence-electron chi connectivity index (χ1n) is 9.84. The molecule has 11 heteroatoms. The van der Waals surface area contributed by atoms with Crippen LogP contribution < -0.4 is 5.32 Å². The molecule has 0 radical (unpaired) electrons. The van der Waals surface area contributed by atoms with Crippen molar-refractivity contribution in [2.45, 2.75) is 44.9 Å². The molecule has 2 amide bonds. The lowest BCUT2D eigenvalue weighted by Gasteiger charge is -2.33. The molecule has 31 heavy (non-hydrogen) atoms. The Morgan fingerprint density at radius 2 is 2.06 bits per heavy atom. The molecule has 2 heterocycles. The van der Waals surface area contributed by atoms with E-state index in [1.54, 1.807) is 6.92 Å². The van der Waals surface area contributed by atoms with Crippen LogP contribution in [0.2, 0.25) is 0 Å². The Labute approximate surface area is 177 Å². The maximum atomic E-state index is 13.2. The lowest BCUT2D eigenvalue weighted by Crippen LogP contribution is -2.50. The van der Waals surface area contributed by atoms with Crippen molar-refractivity contribution >= 4 is 17.9 Å². The minimum absolute atomic E-state index is 0.0385. The Bertz CT molecular complexity index is 986. The van der Waals surface area contributed by atoms with Crippen LogP contribution in [0.1, 0.15) is 41.8 Å². The Kier molecular flexibility index (Phi) is 6.71. The van der Waals surface area contributed by atoms with Crippen LogP contribution in [0.25, 0.3) is 6.08 Å². The minimum atomic E-state index is -4.51. The number of tetrazole rings is 1. The number of rotatable bonds is 5. The van der Waals surface area contributed by atoms with Crippen molar-refractivity contribution in [3.8, 4) is 0 Å². The monoisotopic (exact) mass is 436 g/mol. The molecule has 1 N–H and O–H groups in total. The van der Waals surface area contributed by atoms with Gasteiger partial charge in [0.05, 0.1) is 12.1 Å². The standard InChI is InChI=1S/C20H23F3N6O2/c1-13-25-27-29(26-13)12-15-11-16(20(21,22)23)8-6-14(15)7-9-18(30)28-10-4-3-5-17(28)19(31)24-2/h6-9,11,17H,3-5,10,12H2,1-2H3,(H,24,31). The molecular formula is C20H23F3N6O2. The molecule has 8 nitrogen and oxygen atoms in total. The van der Waals surface area contributed by atoms with E-state index in [0.29, 0.717) is 24.4 Å². The van der Waals surface area contributed by atoms with Crippen LogP contribution in [-0.2, 0) is 22.3 Å². The van der Waals surface area contributed by atoms with Crippen molar-refractivity contribution in [2.75, 3.05) is 13.6 Å². The quantitative estimate of drug-likeness (QED) is 0.726. The third-order valence-electron chi connectivity index (χ3n) is 5.08. The molecule has 166 valence electrons. The molecule has 1 unspecified atom stereocenters. The number of alkyl halides is 3. The number of carbonyl (C=O) groups excluding carboxylic acids is 2. The Morgan fingerprint density at radius 3 is 2.71 bits per heavy atom. The Balaban J connectivity index is 1.87. The summed E-state index contributed by atoms with van der Waals surface area (Å²) in [5.74, 6) is -0.206. The largest absolute Gasteiger partial charge is 0.416 e. The van der Waals surface area contributed by atoms with Gasteiger partial charge < -0.3 is 10.2 Å². The van der Waals surface area contributed by atoms with Crippen LogP contribution in [0.4, 0.5) is 13.2 Å². The zero-order valence-electron chi connectivity index (χ0n) is 17.2. The van der Waals surface area contributed by atoms with E-state index in [9.17, 15) is 22.8 Å². The van der Waals surface area contributed by atoms with Crippen LogP contribution in [0.5, 0.6) is 0 Å². The predicted molar refractivity (Wildman–Crippen MR) is 106 cm³/mol. The number of carbonyl (C=O) groups is 2. The molecule has 2 aromatic rings. The van der Waals surface area contributed by atoms with Crippen molar-refractivity contribution in [3.05, 3.63) is 46.8 Å². The number of nitrogens with one attached hydrogen (secondary N) is 1. The van der Waals surface area contributed by atoms with Crippen LogP contribution in [0.15, 0.2) is 24.3 Å². The molecule has 1 aliphatic heterocycles. The van der Waals surface area contributed by atoms with Gasteiger partial charge in [0, 0.05) is 19.7 Å². The highest BCUT2D eigenvalue weighted by molar-refractivity contribution is 5.95. The fourth-order valence-electron chi connectivity index (χ4n) is 3.52. The molecule has 1 aromatic heterocycles. The number of likely N-dealkylation sites (tertiary alicyclic amines) is 1. The smallest absolute Gasteiger partial charge is 0.357 e. The van der Waals surface area contributed by atoms with Crippen molar-refractivity contribution in [1.29, 1.82) is 0 Å². The number of piperidine rings is 1. The Hall–Kier alpha value is -3.24. The molecule has 0 saturated carbocycles. The second-order valence-corrected chi connectivity index (χ2v) is 7.27. The van der Waals surface area contributed by atoms with Gasteiger partial charge in [0.25, 0.3) is 0 Å². The summed E-state index contributed by atoms with van der Waals surface area (Å²) < 4.78 is 39.6. The fourth-order valence-corrected chi connectivity index (χ4v) is 3.52.